The molecule has 1 aliphatic carbocycles. The summed E-state index contributed by atoms with van der Waals surface area (Å²) in [4.78, 5) is 38.7. The number of allylic oxidation sites excluding steroid dienone is 2. The zero-order chi connectivity index (χ0) is 26.0. The van der Waals surface area contributed by atoms with Crippen molar-refractivity contribution in [3.63, 3.8) is 0 Å². The van der Waals surface area contributed by atoms with Gasteiger partial charge in [0.2, 0.25) is 5.88 Å². The molecule has 0 fully saturated rings. The van der Waals surface area contributed by atoms with Crippen LogP contribution in [0.4, 0.5) is 5.69 Å². The van der Waals surface area contributed by atoms with E-state index in [0.29, 0.717) is 41.2 Å². The van der Waals surface area contributed by atoms with Crippen molar-refractivity contribution in [2.75, 3.05) is 19.0 Å². The summed E-state index contributed by atoms with van der Waals surface area (Å²) in [5.41, 5.74) is 7.41. The van der Waals surface area contributed by atoms with E-state index in [1.165, 1.54) is 7.11 Å². The largest absolute Gasteiger partial charge is 0.483 e. The Balaban J connectivity index is 1.68. The minimum absolute atomic E-state index is 0.0275. The zero-order valence-electron chi connectivity index (χ0n) is 20.2. The number of para-hydroxylation sites is 1. The monoisotopic (exact) mass is 554 g/mol. The molecule has 0 aromatic heterocycles. The van der Waals surface area contributed by atoms with Crippen molar-refractivity contribution >= 4 is 39.3 Å². The van der Waals surface area contributed by atoms with Crippen LogP contribution >= 0.6 is 15.9 Å². The number of benzene rings is 2. The van der Waals surface area contributed by atoms with Crippen molar-refractivity contribution in [1.29, 1.82) is 0 Å². The summed E-state index contributed by atoms with van der Waals surface area (Å²) in [7, 11) is 1.24. The molecule has 4 rings (SSSR count). The molecule has 2 aliphatic rings. The van der Waals surface area contributed by atoms with E-state index in [2.05, 4.69) is 21.2 Å². The minimum atomic E-state index is -0.851. The van der Waals surface area contributed by atoms with Crippen molar-refractivity contribution in [3.05, 3.63) is 81.4 Å². The average molecular weight is 555 g/mol. The highest BCUT2D eigenvalue weighted by Gasteiger charge is 2.45. The number of amides is 1. The van der Waals surface area contributed by atoms with Crippen LogP contribution in [-0.2, 0) is 23.9 Å². The van der Waals surface area contributed by atoms with Gasteiger partial charge in [-0.15, -0.1) is 0 Å². The molecule has 2 aromatic carbocycles. The average Bonchev–Trinajstić information content (AvgIpc) is 2.82. The SMILES string of the molecule is COC(=O)C1=C(N)OC2=C(C(=O)CC(C)(C)C2)C1c1ccccc1OCC(=O)Nc1ccc(Br)cc1. The lowest BCUT2D eigenvalue weighted by molar-refractivity contribution is -0.136. The highest BCUT2D eigenvalue weighted by molar-refractivity contribution is 9.10. The third-order valence-corrected chi connectivity index (χ3v) is 6.61. The molecule has 0 radical (unpaired) electrons. The van der Waals surface area contributed by atoms with E-state index < -0.39 is 11.9 Å². The fourth-order valence-electron chi connectivity index (χ4n) is 4.53. The number of carbonyl (C=O) groups is 3. The Bertz CT molecular complexity index is 1280. The summed E-state index contributed by atoms with van der Waals surface area (Å²) in [6.45, 7) is 3.67. The van der Waals surface area contributed by atoms with Crippen molar-refractivity contribution in [2.24, 2.45) is 11.1 Å². The third-order valence-electron chi connectivity index (χ3n) is 6.08. The molecular formula is C27H27BrN2O6. The van der Waals surface area contributed by atoms with Gasteiger partial charge in [-0.3, -0.25) is 9.59 Å². The van der Waals surface area contributed by atoms with E-state index in [0.717, 1.165) is 4.47 Å². The molecule has 1 aliphatic heterocycles. The molecule has 0 saturated carbocycles. The van der Waals surface area contributed by atoms with Crippen LogP contribution in [0.1, 0.15) is 38.2 Å². The van der Waals surface area contributed by atoms with Crippen LogP contribution in [0, 0.1) is 5.41 Å². The van der Waals surface area contributed by atoms with Gasteiger partial charge >= 0.3 is 5.97 Å². The number of Topliss-reactive ketones (excluding diaryl/α,β-unsaturated/α-hetero) is 1. The molecule has 3 N–H and O–H groups in total. The summed E-state index contributed by atoms with van der Waals surface area (Å²) in [5, 5.41) is 2.77. The number of esters is 1. The first kappa shape index (κ1) is 25.5. The van der Waals surface area contributed by atoms with Gasteiger partial charge < -0.3 is 25.3 Å². The molecule has 36 heavy (non-hydrogen) atoms. The normalized spacial score (nSPS) is 18.8. The Morgan fingerprint density at radius 3 is 2.53 bits per heavy atom. The van der Waals surface area contributed by atoms with Gasteiger partial charge in [-0.2, -0.15) is 0 Å². The van der Waals surface area contributed by atoms with E-state index in [-0.39, 0.29) is 35.2 Å². The second-order valence-corrected chi connectivity index (χ2v) is 10.4. The lowest BCUT2D eigenvalue weighted by atomic mass is 9.70. The Labute approximate surface area is 217 Å². The van der Waals surface area contributed by atoms with Crippen molar-refractivity contribution in [3.8, 4) is 5.75 Å². The Morgan fingerprint density at radius 2 is 1.83 bits per heavy atom. The summed E-state index contributed by atoms with van der Waals surface area (Å²) < 4.78 is 17.6. The van der Waals surface area contributed by atoms with Gasteiger partial charge in [0.1, 0.15) is 17.1 Å². The number of halogens is 1. The first-order valence-electron chi connectivity index (χ1n) is 11.4. The van der Waals surface area contributed by atoms with E-state index in [9.17, 15) is 14.4 Å². The van der Waals surface area contributed by atoms with Gasteiger partial charge in [0.05, 0.1) is 13.0 Å². The van der Waals surface area contributed by atoms with Crippen molar-refractivity contribution < 1.29 is 28.6 Å². The topological polar surface area (TPSA) is 117 Å². The standard InChI is InChI=1S/C27H27BrN2O6/c1-27(2)12-18(31)23-20(13-27)36-25(29)24(26(33)34-3)22(23)17-6-4-5-7-19(17)35-14-21(32)30-16-10-8-15(28)9-11-16/h4-11,22H,12-14,29H2,1-3H3,(H,30,32). The second kappa shape index (κ2) is 10.2. The zero-order valence-corrected chi connectivity index (χ0v) is 21.8. The Morgan fingerprint density at radius 1 is 1.14 bits per heavy atom. The van der Waals surface area contributed by atoms with Crippen LogP contribution in [0.2, 0.25) is 0 Å². The van der Waals surface area contributed by atoms with Gasteiger partial charge in [0.25, 0.3) is 5.91 Å². The third kappa shape index (κ3) is 5.31. The smallest absolute Gasteiger partial charge is 0.340 e. The summed E-state index contributed by atoms with van der Waals surface area (Å²) in [6, 6.07) is 14.1. The molecule has 0 spiro atoms. The first-order chi connectivity index (χ1) is 17.1. The first-order valence-corrected chi connectivity index (χ1v) is 12.2. The van der Waals surface area contributed by atoms with Crippen molar-refractivity contribution in [2.45, 2.75) is 32.6 Å². The highest BCUT2D eigenvalue weighted by Crippen LogP contribution is 2.49. The molecular weight excluding hydrogens is 528 g/mol. The quantitative estimate of drug-likeness (QED) is 0.502. The van der Waals surface area contributed by atoms with Crippen LogP contribution in [0.3, 0.4) is 0 Å². The minimum Gasteiger partial charge on any atom is -0.483 e. The number of carbonyl (C=O) groups excluding carboxylic acids is 3. The maximum Gasteiger partial charge on any atom is 0.340 e. The Hall–Kier alpha value is -3.59. The summed E-state index contributed by atoms with van der Waals surface area (Å²) >= 11 is 3.36. The number of nitrogens with one attached hydrogen (secondary N) is 1. The number of anilines is 1. The molecule has 0 saturated heterocycles. The van der Waals surface area contributed by atoms with Crippen molar-refractivity contribution in [1.82, 2.24) is 0 Å². The lowest BCUT2D eigenvalue weighted by Crippen LogP contribution is -2.35. The van der Waals surface area contributed by atoms with E-state index in [4.69, 9.17) is 19.9 Å². The van der Waals surface area contributed by atoms with Crippen LogP contribution < -0.4 is 15.8 Å². The van der Waals surface area contributed by atoms with Gasteiger partial charge in [-0.05, 0) is 35.7 Å². The highest BCUT2D eigenvalue weighted by atomic mass is 79.9. The molecule has 188 valence electrons. The van der Waals surface area contributed by atoms with Gasteiger partial charge in [-0.25, -0.2) is 4.79 Å². The molecule has 1 amide bonds. The molecule has 1 unspecified atom stereocenters. The predicted octanol–water partition coefficient (Wildman–Crippen LogP) is 4.57. The van der Waals surface area contributed by atoms with E-state index >= 15 is 0 Å². The number of ether oxygens (including phenoxy) is 3. The molecule has 2 aromatic rings. The van der Waals surface area contributed by atoms with E-state index in [1.54, 1.807) is 36.4 Å². The van der Waals surface area contributed by atoms with Gasteiger partial charge in [-0.1, -0.05) is 48.0 Å². The predicted molar refractivity (Wildman–Crippen MR) is 137 cm³/mol. The van der Waals surface area contributed by atoms with Crippen LogP contribution in [0.5, 0.6) is 5.75 Å². The van der Waals surface area contributed by atoms with Crippen LogP contribution in [0.15, 0.2) is 75.8 Å². The summed E-state index contributed by atoms with van der Waals surface area (Å²) in [6.07, 6.45) is 0.775. The molecule has 1 heterocycles. The maximum atomic E-state index is 13.3. The molecule has 9 heteroatoms. The molecule has 0 bridgehead atoms. The summed E-state index contributed by atoms with van der Waals surface area (Å²) in [5.74, 6) is -1.39. The number of rotatable bonds is 6. The van der Waals surface area contributed by atoms with E-state index in [1.807, 2.05) is 26.0 Å². The van der Waals surface area contributed by atoms with Crippen LogP contribution in [0.25, 0.3) is 0 Å². The number of methoxy groups -OCH3 is 1. The van der Waals surface area contributed by atoms with Crippen LogP contribution in [-0.4, -0.2) is 31.4 Å². The maximum absolute atomic E-state index is 13.3. The lowest BCUT2D eigenvalue weighted by Gasteiger charge is -2.38. The van der Waals surface area contributed by atoms with Gasteiger partial charge in [0, 0.05) is 34.1 Å². The Kier molecular flexibility index (Phi) is 7.21. The molecule has 8 nitrogen and oxygen atoms in total. The van der Waals surface area contributed by atoms with Gasteiger partial charge in [0.15, 0.2) is 12.4 Å². The number of hydrogen-bond acceptors (Lipinski definition) is 7. The fourth-order valence-corrected chi connectivity index (χ4v) is 4.79. The fraction of sp³-hybridized carbons (Fsp3) is 0.296. The number of hydrogen-bond donors (Lipinski definition) is 2. The molecule has 1 atom stereocenters. The number of nitrogens with two attached hydrogens (primary N) is 1. The second-order valence-electron chi connectivity index (χ2n) is 9.46. The number of ketones is 1.